The molecule has 0 aliphatic carbocycles. The smallest absolute Gasteiger partial charge is 0.186 e. The van der Waals surface area contributed by atoms with E-state index in [4.69, 9.17) is 0 Å². The van der Waals surface area contributed by atoms with Gasteiger partial charge in [0.05, 0.1) is 11.4 Å². The Bertz CT molecular complexity index is 605. The number of hydrogen-bond acceptors (Lipinski definition) is 3. The largest absolute Gasteiger partial charge is 0.295 e. The molecule has 1 aliphatic rings. The van der Waals surface area contributed by atoms with Crippen LogP contribution in [0.1, 0.15) is 32.6 Å². The zero-order valence-corrected chi connectivity index (χ0v) is 13.3. The molecule has 0 amide bonds. The van der Waals surface area contributed by atoms with E-state index in [-0.39, 0.29) is 5.78 Å². The van der Waals surface area contributed by atoms with Crippen LogP contribution >= 0.6 is 11.3 Å². The fourth-order valence-corrected chi connectivity index (χ4v) is 3.75. The molecular formula is C18H21NOS. The Hall–Kier alpha value is -1.45. The molecule has 1 aromatic carbocycles. The van der Waals surface area contributed by atoms with E-state index in [2.05, 4.69) is 42.2 Å². The number of aryl methyl sites for hydroxylation is 1. The van der Waals surface area contributed by atoms with E-state index in [0.29, 0.717) is 6.54 Å². The summed E-state index contributed by atoms with van der Waals surface area (Å²) in [6, 6.07) is 12.7. The highest BCUT2D eigenvalue weighted by molar-refractivity contribution is 7.14. The summed E-state index contributed by atoms with van der Waals surface area (Å²) in [7, 11) is 0. The number of benzene rings is 1. The fraction of sp³-hybridized carbons (Fsp3) is 0.389. The molecule has 2 aromatic rings. The highest BCUT2D eigenvalue weighted by Gasteiger charge is 2.17. The van der Waals surface area contributed by atoms with Gasteiger partial charge in [-0.3, -0.25) is 9.69 Å². The van der Waals surface area contributed by atoms with Crippen LogP contribution in [0.3, 0.4) is 0 Å². The number of nitrogens with zero attached hydrogens (tertiary/aromatic N) is 1. The predicted octanol–water partition coefficient (Wildman–Crippen LogP) is 3.59. The van der Waals surface area contributed by atoms with Crippen molar-refractivity contribution in [2.24, 2.45) is 0 Å². The maximum Gasteiger partial charge on any atom is 0.186 e. The van der Waals surface area contributed by atoms with Gasteiger partial charge in [-0.05, 0) is 42.5 Å². The topological polar surface area (TPSA) is 20.3 Å². The second-order valence-electron chi connectivity index (χ2n) is 5.59. The van der Waals surface area contributed by atoms with E-state index in [9.17, 15) is 4.79 Å². The Morgan fingerprint density at radius 2 is 1.76 bits per heavy atom. The van der Waals surface area contributed by atoms with Gasteiger partial charge in [0.15, 0.2) is 5.78 Å². The van der Waals surface area contributed by atoms with E-state index in [1.165, 1.54) is 16.0 Å². The predicted molar refractivity (Wildman–Crippen MR) is 88.3 cm³/mol. The average Bonchev–Trinajstić information content (AvgIpc) is 2.91. The molecule has 0 saturated carbocycles. The second kappa shape index (κ2) is 6.54. The molecule has 0 unspecified atom stereocenters. The minimum atomic E-state index is 0.269. The van der Waals surface area contributed by atoms with Crippen LogP contribution in [0, 0.1) is 0 Å². The molecule has 0 radical (unpaired) electrons. The zero-order chi connectivity index (χ0) is 14.7. The standard InChI is InChI=1S/C18H21NOS/c1-2-16-7-8-18(21-16)17(20)13-19-11-9-14-5-3-4-6-15(14)10-12-19/h3-8H,2,9-13H2,1H3. The fourth-order valence-electron chi connectivity index (χ4n) is 2.87. The molecule has 1 aromatic heterocycles. The summed E-state index contributed by atoms with van der Waals surface area (Å²) in [4.78, 5) is 16.9. The zero-order valence-electron chi connectivity index (χ0n) is 12.5. The van der Waals surface area contributed by atoms with Crippen molar-refractivity contribution in [2.45, 2.75) is 26.2 Å². The average molecular weight is 299 g/mol. The van der Waals surface area contributed by atoms with Crippen LogP contribution in [-0.4, -0.2) is 30.3 Å². The van der Waals surface area contributed by atoms with Gasteiger partial charge in [-0.2, -0.15) is 0 Å². The van der Waals surface area contributed by atoms with Crippen LogP contribution in [0.5, 0.6) is 0 Å². The number of hydrogen-bond donors (Lipinski definition) is 0. The van der Waals surface area contributed by atoms with Gasteiger partial charge in [0.2, 0.25) is 0 Å². The number of thiophene rings is 1. The van der Waals surface area contributed by atoms with Gasteiger partial charge in [-0.25, -0.2) is 0 Å². The van der Waals surface area contributed by atoms with E-state index in [0.717, 1.165) is 37.2 Å². The molecule has 3 heteroatoms. The maximum atomic E-state index is 12.4. The minimum absolute atomic E-state index is 0.269. The molecule has 0 atom stereocenters. The summed E-state index contributed by atoms with van der Waals surface area (Å²) in [6.45, 7) is 4.65. The molecule has 0 N–H and O–H groups in total. The van der Waals surface area contributed by atoms with Gasteiger partial charge >= 0.3 is 0 Å². The summed E-state index contributed by atoms with van der Waals surface area (Å²) < 4.78 is 0. The van der Waals surface area contributed by atoms with E-state index in [1.54, 1.807) is 11.3 Å². The van der Waals surface area contributed by atoms with Crippen LogP contribution in [0.25, 0.3) is 0 Å². The number of Topliss-reactive ketones (excluding diaryl/α,β-unsaturated/α-hetero) is 1. The molecule has 0 saturated heterocycles. The molecule has 0 spiro atoms. The SMILES string of the molecule is CCc1ccc(C(=O)CN2CCc3ccccc3CC2)s1. The van der Waals surface area contributed by atoms with Crippen molar-refractivity contribution in [3.8, 4) is 0 Å². The molecule has 0 fully saturated rings. The van der Waals surface area contributed by atoms with Crippen molar-refractivity contribution in [2.75, 3.05) is 19.6 Å². The van der Waals surface area contributed by atoms with Gasteiger partial charge in [-0.1, -0.05) is 31.2 Å². The van der Waals surface area contributed by atoms with Crippen LogP contribution in [-0.2, 0) is 19.3 Å². The van der Waals surface area contributed by atoms with Crippen LogP contribution in [0.15, 0.2) is 36.4 Å². The normalized spacial score (nSPS) is 15.5. The van der Waals surface area contributed by atoms with Crippen LogP contribution < -0.4 is 0 Å². The van der Waals surface area contributed by atoms with Crippen molar-refractivity contribution in [1.29, 1.82) is 0 Å². The molecule has 2 heterocycles. The van der Waals surface area contributed by atoms with Crippen molar-refractivity contribution in [1.82, 2.24) is 4.90 Å². The molecular weight excluding hydrogens is 278 g/mol. The summed E-state index contributed by atoms with van der Waals surface area (Å²) in [5.74, 6) is 0.269. The van der Waals surface area contributed by atoms with Crippen molar-refractivity contribution in [3.63, 3.8) is 0 Å². The number of carbonyl (C=O) groups excluding carboxylic acids is 1. The first-order valence-corrected chi connectivity index (χ1v) is 8.49. The lowest BCUT2D eigenvalue weighted by molar-refractivity contribution is 0.0937. The Labute approximate surface area is 130 Å². The molecule has 21 heavy (non-hydrogen) atoms. The van der Waals surface area contributed by atoms with E-state index < -0.39 is 0 Å². The van der Waals surface area contributed by atoms with Crippen molar-refractivity contribution in [3.05, 3.63) is 57.3 Å². The molecule has 2 nitrogen and oxygen atoms in total. The highest BCUT2D eigenvalue weighted by Crippen LogP contribution is 2.19. The number of ketones is 1. The van der Waals surface area contributed by atoms with E-state index >= 15 is 0 Å². The first-order valence-electron chi connectivity index (χ1n) is 7.67. The third-order valence-corrected chi connectivity index (χ3v) is 5.44. The molecule has 1 aliphatic heterocycles. The summed E-state index contributed by atoms with van der Waals surface area (Å²) >= 11 is 1.65. The summed E-state index contributed by atoms with van der Waals surface area (Å²) in [5.41, 5.74) is 2.88. The Kier molecular flexibility index (Phi) is 4.51. The van der Waals surface area contributed by atoms with Gasteiger partial charge < -0.3 is 0 Å². The minimum Gasteiger partial charge on any atom is -0.295 e. The van der Waals surface area contributed by atoms with Crippen molar-refractivity contribution >= 4 is 17.1 Å². The van der Waals surface area contributed by atoms with Crippen molar-refractivity contribution < 1.29 is 4.79 Å². The molecule has 110 valence electrons. The summed E-state index contributed by atoms with van der Waals surface area (Å²) in [6.07, 6.45) is 3.11. The first-order chi connectivity index (χ1) is 10.3. The Balaban J connectivity index is 1.63. The number of carbonyl (C=O) groups is 1. The number of rotatable bonds is 4. The summed E-state index contributed by atoms with van der Waals surface area (Å²) in [5, 5.41) is 0. The van der Waals surface area contributed by atoms with Gasteiger partial charge in [0.25, 0.3) is 0 Å². The molecule has 3 rings (SSSR count). The third kappa shape index (κ3) is 3.42. The Morgan fingerprint density at radius 3 is 2.33 bits per heavy atom. The van der Waals surface area contributed by atoms with Gasteiger partial charge in [-0.15, -0.1) is 11.3 Å². The first kappa shape index (κ1) is 14.5. The third-order valence-electron chi connectivity index (χ3n) is 4.17. The Morgan fingerprint density at radius 1 is 1.10 bits per heavy atom. The maximum absolute atomic E-state index is 12.4. The number of fused-ring (bicyclic) bond motifs is 1. The van der Waals surface area contributed by atoms with Gasteiger partial charge in [0.1, 0.15) is 0 Å². The lowest BCUT2D eigenvalue weighted by Gasteiger charge is -2.18. The lowest BCUT2D eigenvalue weighted by Crippen LogP contribution is -2.31. The lowest BCUT2D eigenvalue weighted by atomic mass is 10.0. The monoisotopic (exact) mass is 299 g/mol. The van der Waals surface area contributed by atoms with Crippen LogP contribution in [0.4, 0.5) is 0 Å². The molecule has 0 bridgehead atoms. The highest BCUT2D eigenvalue weighted by atomic mass is 32.1. The van der Waals surface area contributed by atoms with Gasteiger partial charge in [0, 0.05) is 18.0 Å². The quantitative estimate of drug-likeness (QED) is 0.804. The van der Waals surface area contributed by atoms with Crippen LogP contribution in [0.2, 0.25) is 0 Å². The second-order valence-corrected chi connectivity index (χ2v) is 6.76. The van der Waals surface area contributed by atoms with E-state index in [1.807, 2.05) is 6.07 Å².